The molecular formula is C24H21BrClNO3S. The molecule has 3 aromatic carbocycles. The molecule has 0 saturated carbocycles. The molecule has 160 valence electrons. The summed E-state index contributed by atoms with van der Waals surface area (Å²) in [6.45, 7) is 0. The molecule has 0 aromatic heterocycles. The summed E-state index contributed by atoms with van der Waals surface area (Å²) in [5.74, 6) is 1.26. The molecule has 0 spiro atoms. The molecule has 4 nitrogen and oxygen atoms in total. The first-order chi connectivity index (χ1) is 15.0. The van der Waals surface area contributed by atoms with E-state index >= 15 is 0 Å². The number of benzene rings is 3. The fourth-order valence-corrected chi connectivity index (χ4v) is 4.35. The number of carbonyl (C=O) groups excluding carboxylic acids is 2. The van der Waals surface area contributed by atoms with Crippen molar-refractivity contribution in [3.05, 3.63) is 87.4 Å². The Morgan fingerprint density at radius 2 is 1.77 bits per heavy atom. The van der Waals surface area contributed by atoms with Crippen LogP contribution in [0.2, 0.25) is 5.02 Å². The normalized spacial score (nSPS) is 10.5. The number of nitrogens with one attached hydrogen (secondary N) is 1. The fourth-order valence-electron chi connectivity index (χ4n) is 2.91. The molecule has 0 aliphatic rings. The molecule has 0 radical (unpaired) electrons. The van der Waals surface area contributed by atoms with Crippen LogP contribution in [0, 0.1) is 0 Å². The summed E-state index contributed by atoms with van der Waals surface area (Å²) in [6, 6.07) is 19.9. The van der Waals surface area contributed by atoms with Crippen molar-refractivity contribution in [3.63, 3.8) is 0 Å². The highest BCUT2D eigenvalue weighted by Gasteiger charge is 2.18. The van der Waals surface area contributed by atoms with Crippen LogP contribution in [0.15, 0.2) is 76.1 Å². The van der Waals surface area contributed by atoms with Gasteiger partial charge >= 0.3 is 0 Å². The number of methoxy groups -OCH3 is 1. The van der Waals surface area contributed by atoms with Crippen molar-refractivity contribution in [2.45, 2.75) is 17.7 Å². The van der Waals surface area contributed by atoms with E-state index in [4.69, 9.17) is 16.3 Å². The van der Waals surface area contributed by atoms with Gasteiger partial charge in [-0.25, -0.2) is 0 Å². The maximum atomic E-state index is 13.0. The number of ketones is 1. The van der Waals surface area contributed by atoms with Gasteiger partial charge in [0.15, 0.2) is 5.78 Å². The Labute approximate surface area is 199 Å². The third-order valence-electron chi connectivity index (χ3n) is 4.50. The van der Waals surface area contributed by atoms with E-state index in [-0.39, 0.29) is 11.7 Å². The minimum atomic E-state index is -0.239. The number of carbonyl (C=O) groups is 2. The van der Waals surface area contributed by atoms with Crippen LogP contribution in [0.5, 0.6) is 5.75 Å². The van der Waals surface area contributed by atoms with Gasteiger partial charge in [-0.05, 0) is 66.8 Å². The number of rotatable bonds is 9. The Bertz CT molecular complexity index is 1070. The van der Waals surface area contributed by atoms with Crippen molar-refractivity contribution in [1.82, 2.24) is 0 Å². The number of anilines is 1. The van der Waals surface area contributed by atoms with E-state index in [9.17, 15) is 9.59 Å². The molecule has 0 aliphatic heterocycles. The van der Waals surface area contributed by atoms with Crippen molar-refractivity contribution in [3.8, 4) is 5.75 Å². The first-order valence-corrected chi connectivity index (χ1v) is 11.8. The van der Waals surface area contributed by atoms with E-state index in [1.165, 1.54) is 0 Å². The maximum Gasteiger partial charge on any atom is 0.224 e. The van der Waals surface area contributed by atoms with Crippen LogP contribution in [-0.2, 0) is 4.79 Å². The zero-order chi connectivity index (χ0) is 22.2. The summed E-state index contributed by atoms with van der Waals surface area (Å²) in [4.78, 5) is 26.6. The summed E-state index contributed by atoms with van der Waals surface area (Å²) >= 11 is 11.3. The lowest BCUT2D eigenvalue weighted by Crippen LogP contribution is -2.15. The van der Waals surface area contributed by atoms with E-state index < -0.39 is 0 Å². The van der Waals surface area contributed by atoms with Gasteiger partial charge in [-0.15, -0.1) is 11.8 Å². The van der Waals surface area contributed by atoms with Crippen LogP contribution in [-0.4, -0.2) is 24.6 Å². The minimum Gasteiger partial charge on any atom is -0.497 e. The summed E-state index contributed by atoms with van der Waals surface area (Å²) in [5.41, 5.74) is 1.26. The summed E-state index contributed by atoms with van der Waals surface area (Å²) in [7, 11) is 1.64. The summed E-state index contributed by atoms with van der Waals surface area (Å²) < 4.78 is 5.90. The summed E-state index contributed by atoms with van der Waals surface area (Å²) in [6.07, 6.45) is 1.08. The van der Waals surface area contributed by atoms with E-state index in [0.29, 0.717) is 34.7 Å². The van der Waals surface area contributed by atoms with Crippen LogP contribution in [0.3, 0.4) is 0 Å². The molecule has 0 bridgehead atoms. The molecule has 0 aliphatic carbocycles. The highest BCUT2D eigenvalue weighted by Crippen LogP contribution is 2.27. The lowest BCUT2D eigenvalue weighted by atomic mass is 10.0. The minimum absolute atomic E-state index is 0.133. The summed E-state index contributed by atoms with van der Waals surface area (Å²) in [5, 5.41) is 3.25. The van der Waals surface area contributed by atoms with Gasteiger partial charge in [-0.3, -0.25) is 9.59 Å². The van der Waals surface area contributed by atoms with Gasteiger partial charge in [0, 0.05) is 26.9 Å². The second-order valence-electron chi connectivity index (χ2n) is 6.67. The number of thioether (sulfide) groups is 1. The number of amides is 1. The van der Waals surface area contributed by atoms with Gasteiger partial charge in [-0.2, -0.15) is 0 Å². The average molecular weight is 519 g/mol. The van der Waals surface area contributed by atoms with E-state index in [1.54, 1.807) is 61.3 Å². The maximum absolute atomic E-state index is 13.0. The van der Waals surface area contributed by atoms with Gasteiger partial charge in [0.2, 0.25) is 5.91 Å². The van der Waals surface area contributed by atoms with Gasteiger partial charge in [-0.1, -0.05) is 39.7 Å². The van der Waals surface area contributed by atoms with Crippen molar-refractivity contribution in [1.29, 1.82) is 0 Å². The lowest BCUT2D eigenvalue weighted by molar-refractivity contribution is -0.116. The second-order valence-corrected chi connectivity index (χ2v) is 9.17. The van der Waals surface area contributed by atoms with E-state index in [2.05, 4.69) is 21.2 Å². The second kappa shape index (κ2) is 11.4. The standard InChI is InChI=1S/C24H21BrClNO3S/c1-30-17-9-11-18(12-10-17)31-14-4-7-23(28)27-22-13-8-16(25)15-20(22)24(29)19-5-2-3-6-21(19)26/h2-3,5-6,8-13,15H,4,7,14H2,1H3,(H,27,28). The fraction of sp³-hybridized carbons (Fsp3) is 0.167. The number of hydrogen-bond acceptors (Lipinski definition) is 4. The zero-order valence-electron chi connectivity index (χ0n) is 16.9. The van der Waals surface area contributed by atoms with Gasteiger partial charge in [0.25, 0.3) is 0 Å². The van der Waals surface area contributed by atoms with Crippen LogP contribution in [0.25, 0.3) is 0 Å². The van der Waals surface area contributed by atoms with Crippen molar-refractivity contribution < 1.29 is 14.3 Å². The first-order valence-electron chi connectivity index (χ1n) is 9.63. The molecular weight excluding hydrogens is 498 g/mol. The number of halogens is 2. The molecule has 0 heterocycles. The highest BCUT2D eigenvalue weighted by atomic mass is 79.9. The number of ether oxygens (including phenoxy) is 1. The predicted molar refractivity (Wildman–Crippen MR) is 131 cm³/mol. The molecule has 0 saturated heterocycles. The smallest absolute Gasteiger partial charge is 0.224 e. The molecule has 7 heteroatoms. The Morgan fingerprint density at radius 1 is 1.03 bits per heavy atom. The molecule has 3 rings (SSSR count). The molecule has 0 fully saturated rings. The van der Waals surface area contributed by atoms with Crippen molar-refractivity contribution >= 4 is 56.7 Å². The Hall–Kier alpha value is -2.28. The Kier molecular flexibility index (Phi) is 8.58. The largest absolute Gasteiger partial charge is 0.497 e. The van der Waals surface area contributed by atoms with Gasteiger partial charge < -0.3 is 10.1 Å². The molecule has 1 amide bonds. The quantitative estimate of drug-likeness (QED) is 0.191. The third kappa shape index (κ3) is 6.60. The SMILES string of the molecule is COc1ccc(SCCCC(=O)Nc2ccc(Br)cc2C(=O)c2ccccc2Cl)cc1. The highest BCUT2D eigenvalue weighted by molar-refractivity contribution is 9.10. The predicted octanol–water partition coefficient (Wildman–Crippen LogP) is 6.85. The Morgan fingerprint density at radius 3 is 2.48 bits per heavy atom. The van der Waals surface area contributed by atoms with Crippen molar-refractivity contribution in [2.75, 3.05) is 18.2 Å². The van der Waals surface area contributed by atoms with Gasteiger partial charge in [0.05, 0.1) is 17.8 Å². The zero-order valence-corrected chi connectivity index (χ0v) is 20.0. The van der Waals surface area contributed by atoms with Gasteiger partial charge in [0.1, 0.15) is 5.75 Å². The van der Waals surface area contributed by atoms with Crippen LogP contribution in [0.1, 0.15) is 28.8 Å². The average Bonchev–Trinajstić information content (AvgIpc) is 2.78. The van der Waals surface area contributed by atoms with Crippen molar-refractivity contribution in [2.24, 2.45) is 0 Å². The van der Waals surface area contributed by atoms with Crippen LogP contribution < -0.4 is 10.1 Å². The van der Waals surface area contributed by atoms with E-state index in [1.807, 2.05) is 24.3 Å². The third-order valence-corrected chi connectivity index (χ3v) is 6.42. The van der Waals surface area contributed by atoms with Crippen LogP contribution in [0.4, 0.5) is 5.69 Å². The molecule has 0 atom stereocenters. The van der Waals surface area contributed by atoms with Crippen LogP contribution >= 0.6 is 39.3 Å². The Balaban J connectivity index is 1.59. The monoisotopic (exact) mass is 517 g/mol. The topological polar surface area (TPSA) is 55.4 Å². The first kappa shape index (κ1) is 23.4. The molecule has 1 N–H and O–H groups in total. The lowest BCUT2D eigenvalue weighted by Gasteiger charge is -2.12. The number of hydrogen-bond donors (Lipinski definition) is 1. The molecule has 31 heavy (non-hydrogen) atoms. The van der Waals surface area contributed by atoms with E-state index in [0.717, 1.165) is 20.9 Å². The molecule has 0 unspecified atom stereocenters. The molecule has 3 aromatic rings.